The van der Waals surface area contributed by atoms with E-state index in [4.69, 9.17) is 10.5 Å². The Balaban J connectivity index is 2.45. The molecule has 0 spiro atoms. The third kappa shape index (κ3) is 1.54. The Morgan fingerprint density at radius 2 is 2.07 bits per heavy atom. The zero-order valence-electron chi connectivity index (χ0n) is 8.06. The fourth-order valence-corrected chi connectivity index (χ4v) is 2.17. The first kappa shape index (κ1) is 10.8. The molecule has 0 aliphatic heterocycles. The summed E-state index contributed by atoms with van der Waals surface area (Å²) in [6.45, 7) is 0. The molecular formula is C10H10BrF2NO. The van der Waals surface area contributed by atoms with E-state index in [9.17, 15) is 8.78 Å². The molecule has 2 rings (SSSR count). The molecule has 1 atom stereocenters. The second kappa shape index (κ2) is 3.15. The van der Waals surface area contributed by atoms with E-state index in [2.05, 4.69) is 15.9 Å². The molecule has 82 valence electrons. The average Bonchev–Trinajstić information content (AvgIpc) is 2.68. The highest BCUT2D eigenvalue weighted by Crippen LogP contribution is 2.59. The Labute approximate surface area is 94.5 Å². The Morgan fingerprint density at radius 1 is 1.47 bits per heavy atom. The Kier molecular flexibility index (Phi) is 2.28. The predicted octanol–water partition coefficient (Wildman–Crippen LogP) is 2.65. The van der Waals surface area contributed by atoms with Gasteiger partial charge in [-0.1, -0.05) is 15.9 Å². The van der Waals surface area contributed by atoms with Crippen molar-refractivity contribution < 1.29 is 13.5 Å². The van der Waals surface area contributed by atoms with E-state index in [-0.39, 0.29) is 6.42 Å². The lowest BCUT2D eigenvalue weighted by atomic mass is 10.1. The lowest BCUT2D eigenvalue weighted by Gasteiger charge is -2.14. The summed E-state index contributed by atoms with van der Waals surface area (Å²) in [5, 5.41) is 0. The monoisotopic (exact) mass is 277 g/mol. The van der Waals surface area contributed by atoms with Gasteiger partial charge >= 0.3 is 0 Å². The minimum atomic E-state index is -2.82. The van der Waals surface area contributed by atoms with Crippen molar-refractivity contribution in [2.24, 2.45) is 5.73 Å². The molecule has 2 nitrogen and oxygen atoms in total. The molecule has 1 aliphatic rings. The minimum Gasteiger partial charge on any atom is -0.497 e. The quantitative estimate of drug-likeness (QED) is 0.902. The van der Waals surface area contributed by atoms with Gasteiger partial charge < -0.3 is 10.5 Å². The maximum absolute atomic E-state index is 13.1. The van der Waals surface area contributed by atoms with Crippen LogP contribution in [0.3, 0.4) is 0 Å². The molecule has 1 aromatic rings. The van der Waals surface area contributed by atoms with Crippen LogP contribution in [0.5, 0.6) is 5.75 Å². The molecule has 0 heterocycles. The van der Waals surface area contributed by atoms with Crippen LogP contribution in [-0.4, -0.2) is 13.0 Å². The Hall–Kier alpha value is -0.680. The van der Waals surface area contributed by atoms with Gasteiger partial charge in [0.15, 0.2) is 0 Å². The first-order valence-electron chi connectivity index (χ1n) is 4.41. The van der Waals surface area contributed by atoms with Gasteiger partial charge in [0.05, 0.1) is 7.11 Å². The summed E-state index contributed by atoms with van der Waals surface area (Å²) in [5.74, 6) is -2.29. The molecule has 0 bridgehead atoms. The number of alkyl halides is 2. The number of rotatable bonds is 2. The molecule has 0 radical (unpaired) electrons. The maximum Gasteiger partial charge on any atom is 0.272 e. The van der Waals surface area contributed by atoms with E-state index in [0.29, 0.717) is 15.8 Å². The molecule has 1 aliphatic carbocycles. The molecular weight excluding hydrogens is 268 g/mol. The number of methoxy groups -OCH3 is 1. The molecule has 1 saturated carbocycles. The summed E-state index contributed by atoms with van der Waals surface area (Å²) in [5.41, 5.74) is 4.49. The van der Waals surface area contributed by atoms with E-state index in [1.165, 1.54) is 7.11 Å². The van der Waals surface area contributed by atoms with Crippen molar-refractivity contribution in [2.45, 2.75) is 17.9 Å². The van der Waals surface area contributed by atoms with Crippen molar-refractivity contribution in [3.05, 3.63) is 28.2 Å². The number of benzene rings is 1. The molecule has 0 saturated heterocycles. The van der Waals surface area contributed by atoms with Crippen molar-refractivity contribution in [3.8, 4) is 5.75 Å². The molecule has 0 aromatic heterocycles. The Morgan fingerprint density at radius 3 is 2.53 bits per heavy atom. The van der Waals surface area contributed by atoms with Crippen LogP contribution in [0.15, 0.2) is 22.7 Å². The predicted molar refractivity (Wildman–Crippen MR) is 56.1 cm³/mol. The SMILES string of the molecule is COc1ccc(Br)c(C2(N)CC2(F)F)c1. The van der Waals surface area contributed by atoms with Crippen LogP contribution >= 0.6 is 15.9 Å². The topological polar surface area (TPSA) is 35.2 Å². The molecule has 1 aromatic carbocycles. The van der Waals surface area contributed by atoms with Crippen molar-refractivity contribution in [3.63, 3.8) is 0 Å². The standard InChI is InChI=1S/C10H10BrF2NO/c1-15-6-2-3-8(11)7(4-6)9(14)5-10(9,12)13/h2-4H,5,14H2,1H3. The van der Waals surface area contributed by atoms with Gasteiger partial charge in [-0.25, -0.2) is 8.78 Å². The van der Waals surface area contributed by atoms with E-state index < -0.39 is 11.5 Å². The lowest BCUT2D eigenvalue weighted by molar-refractivity contribution is 0.0889. The summed E-state index contributed by atoms with van der Waals surface area (Å²) >= 11 is 3.22. The van der Waals surface area contributed by atoms with Crippen LogP contribution < -0.4 is 10.5 Å². The van der Waals surface area contributed by atoms with E-state index in [1.54, 1.807) is 18.2 Å². The van der Waals surface area contributed by atoms with Gasteiger partial charge in [0, 0.05) is 10.9 Å². The van der Waals surface area contributed by atoms with Crippen molar-refractivity contribution >= 4 is 15.9 Å². The molecule has 0 amide bonds. The van der Waals surface area contributed by atoms with Gasteiger partial charge in [0.25, 0.3) is 5.92 Å². The van der Waals surface area contributed by atoms with Gasteiger partial charge in [-0.3, -0.25) is 0 Å². The smallest absolute Gasteiger partial charge is 0.272 e. The second-order valence-corrected chi connectivity index (χ2v) is 4.55. The van der Waals surface area contributed by atoms with Gasteiger partial charge in [0.2, 0.25) is 0 Å². The minimum absolute atomic E-state index is 0.314. The highest BCUT2D eigenvalue weighted by atomic mass is 79.9. The number of halogens is 3. The first-order chi connectivity index (χ1) is 6.90. The van der Waals surface area contributed by atoms with Gasteiger partial charge in [-0.05, 0) is 23.8 Å². The average molecular weight is 278 g/mol. The lowest BCUT2D eigenvalue weighted by Crippen LogP contribution is -2.27. The van der Waals surface area contributed by atoms with Crippen molar-refractivity contribution in [1.29, 1.82) is 0 Å². The third-order valence-corrected chi connectivity index (χ3v) is 3.37. The normalized spacial score (nSPS) is 27.5. The van der Waals surface area contributed by atoms with E-state index >= 15 is 0 Å². The number of hydrogen-bond donors (Lipinski definition) is 1. The highest BCUT2D eigenvalue weighted by molar-refractivity contribution is 9.10. The van der Waals surface area contributed by atoms with E-state index in [0.717, 1.165) is 0 Å². The van der Waals surface area contributed by atoms with Crippen molar-refractivity contribution in [2.75, 3.05) is 7.11 Å². The van der Waals surface area contributed by atoms with Crippen LogP contribution in [0.1, 0.15) is 12.0 Å². The molecule has 5 heteroatoms. The first-order valence-corrected chi connectivity index (χ1v) is 5.21. The fraction of sp³-hybridized carbons (Fsp3) is 0.400. The second-order valence-electron chi connectivity index (χ2n) is 3.70. The van der Waals surface area contributed by atoms with E-state index in [1.807, 2.05) is 0 Å². The zero-order valence-corrected chi connectivity index (χ0v) is 9.64. The van der Waals surface area contributed by atoms with Crippen LogP contribution in [0.2, 0.25) is 0 Å². The number of hydrogen-bond acceptors (Lipinski definition) is 2. The largest absolute Gasteiger partial charge is 0.497 e. The number of ether oxygens (including phenoxy) is 1. The summed E-state index contributed by atoms with van der Waals surface area (Å²) in [6.07, 6.45) is -0.314. The van der Waals surface area contributed by atoms with Gasteiger partial charge in [0.1, 0.15) is 11.3 Å². The van der Waals surface area contributed by atoms with Crippen LogP contribution in [0.4, 0.5) is 8.78 Å². The highest BCUT2D eigenvalue weighted by Gasteiger charge is 2.70. The fourth-order valence-electron chi connectivity index (χ4n) is 1.57. The van der Waals surface area contributed by atoms with Crippen molar-refractivity contribution in [1.82, 2.24) is 0 Å². The Bertz CT molecular complexity index is 410. The van der Waals surface area contributed by atoms with Crippen LogP contribution in [-0.2, 0) is 5.54 Å². The molecule has 15 heavy (non-hydrogen) atoms. The zero-order chi connectivity index (χ0) is 11.3. The maximum atomic E-state index is 13.1. The molecule has 2 N–H and O–H groups in total. The third-order valence-electron chi connectivity index (χ3n) is 2.68. The van der Waals surface area contributed by atoms with Gasteiger partial charge in [-0.2, -0.15) is 0 Å². The van der Waals surface area contributed by atoms with Crippen LogP contribution in [0.25, 0.3) is 0 Å². The van der Waals surface area contributed by atoms with Gasteiger partial charge in [-0.15, -0.1) is 0 Å². The molecule has 1 fully saturated rings. The number of nitrogens with two attached hydrogens (primary N) is 1. The summed E-state index contributed by atoms with van der Waals surface area (Å²) in [6, 6.07) is 4.90. The summed E-state index contributed by atoms with van der Waals surface area (Å²) in [4.78, 5) is 0. The van der Waals surface area contributed by atoms with Crippen LogP contribution in [0, 0.1) is 0 Å². The summed E-state index contributed by atoms with van der Waals surface area (Å²) < 4.78 is 31.8. The summed E-state index contributed by atoms with van der Waals surface area (Å²) in [7, 11) is 1.49. The molecule has 1 unspecified atom stereocenters.